The molecule has 11 heteroatoms. The van der Waals surface area contributed by atoms with Crippen LogP contribution in [-0.4, -0.2) is 24.1 Å². The van der Waals surface area contributed by atoms with Gasteiger partial charge in [0.2, 0.25) is 0 Å². The van der Waals surface area contributed by atoms with Crippen molar-refractivity contribution in [3.05, 3.63) is 80.4 Å². The Labute approximate surface area is 171 Å². The van der Waals surface area contributed by atoms with E-state index in [1.165, 1.54) is 10.7 Å². The van der Waals surface area contributed by atoms with E-state index in [4.69, 9.17) is 0 Å². The van der Waals surface area contributed by atoms with Gasteiger partial charge < -0.3 is 0 Å². The number of rotatable bonds is 3. The van der Waals surface area contributed by atoms with Crippen LogP contribution in [0.2, 0.25) is 0 Å². The van der Waals surface area contributed by atoms with Crippen molar-refractivity contribution < 1.29 is 17.6 Å². The van der Waals surface area contributed by atoms with E-state index in [1.807, 2.05) is 25.1 Å². The van der Waals surface area contributed by atoms with Crippen LogP contribution >= 0.6 is 0 Å². The van der Waals surface area contributed by atoms with E-state index in [0.29, 0.717) is 10.3 Å². The smallest absolute Gasteiger partial charge is 0.292 e. The van der Waals surface area contributed by atoms with Crippen LogP contribution in [0.3, 0.4) is 0 Å². The normalized spacial score (nSPS) is 11.9. The van der Waals surface area contributed by atoms with Gasteiger partial charge in [0.05, 0.1) is 16.9 Å². The summed E-state index contributed by atoms with van der Waals surface area (Å²) >= 11 is 0. The van der Waals surface area contributed by atoms with E-state index < -0.39 is 34.6 Å². The van der Waals surface area contributed by atoms with Gasteiger partial charge in [0.1, 0.15) is 17.0 Å². The van der Waals surface area contributed by atoms with Crippen LogP contribution in [0, 0.1) is 5.82 Å². The van der Waals surface area contributed by atoms with Gasteiger partial charge in [-0.25, -0.2) is 18.4 Å². The topological polar surface area (TPSA) is 74.7 Å². The van der Waals surface area contributed by atoms with Gasteiger partial charge in [-0.05, 0) is 30.2 Å². The largest absolute Gasteiger partial charge is 0.431 e. The summed E-state index contributed by atoms with van der Waals surface area (Å²) < 4.78 is 56.0. The zero-order chi connectivity index (χ0) is 22.5. The highest BCUT2D eigenvalue weighted by atomic mass is 19.4. The summed E-state index contributed by atoms with van der Waals surface area (Å²) in [6.07, 6.45) is -4.15. The number of benzene rings is 2. The maximum absolute atomic E-state index is 14.8. The first-order chi connectivity index (χ1) is 14.6. The first kappa shape index (κ1) is 20.5. The molecule has 2 heterocycles. The quantitative estimate of drug-likeness (QED) is 0.466. The number of hydrogen-bond acceptors (Lipinski definition) is 4. The van der Waals surface area contributed by atoms with Crippen LogP contribution < -0.4 is 11.2 Å². The lowest BCUT2D eigenvalue weighted by Crippen LogP contribution is -2.41. The van der Waals surface area contributed by atoms with Crippen molar-refractivity contribution >= 4 is 11.0 Å². The lowest BCUT2D eigenvalue weighted by atomic mass is 10.1. The molecule has 4 aromatic rings. The lowest BCUT2D eigenvalue weighted by molar-refractivity contribution is -0.144. The zero-order valence-corrected chi connectivity index (χ0v) is 16.3. The minimum atomic E-state index is -4.92. The summed E-state index contributed by atoms with van der Waals surface area (Å²) in [4.78, 5) is 24.9. The fraction of sp³-hybridized carbons (Fsp3) is 0.200. The number of alkyl halides is 3. The van der Waals surface area contributed by atoms with E-state index in [1.54, 1.807) is 6.07 Å². The Balaban J connectivity index is 1.98. The van der Waals surface area contributed by atoms with Gasteiger partial charge in [0.15, 0.2) is 0 Å². The molecule has 0 saturated carbocycles. The molecule has 160 valence electrons. The van der Waals surface area contributed by atoms with Gasteiger partial charge in [-0.1, -0.05) is 24.3 Å². The van der Waals surface area contributed by atoms with E-state index in [-0.39, 0.29) is 21.7 Å². The summed E-state index contributed by atoms with van der Waals surface area (Å²) in [7, 11) is 0.861. The maximum atomic E-state index is 14.8. The van der Waals surface area contributed by atoms with E-state index in [0.717, 1.165) is 25.1 Å². The van der Waals surface area contributed by atoms with Crippen molar-refractivity contribution in [1.29, 1.82) is 0 Å². The van der Waals surface area contributed by atoms with Gasteiger partial charge in [0.25, 0.3) is 5.56 Å². The molecular weight excluding hydrogens is 418 g/mol. The third-order valence-corrected chi connectivity index (χ3v) is 4.93. The minimum Gasteiger partial charge on any atom is -0.292 e. The predicted octanol–water partition coefficient (Wildman–Crippen LogP) is 2.99. The van der Waals surface area contributed by atoms with Crippen molar-refractivity contribution in [2.45, 2.75) is 19.5 Å². The molecule has 0 N–H and O–H groups in total. The molecule has 2 aromatic heterocycles. The van der Waals surface area contributed by atoms with Crippen molar-refractivity contribution in [2.24, 2.45) is 7.05 Å². The number of hydrogen-bond donors (Lipinski definition) is 0. The maximum Gasteiger partial charge on any atom is 0.431 e. The van der Waals surface area contributed by atoms with Gasteiger partial charge in [0, 0.05) is 19.2 Å². The van der Waals surface area contributed by atoms with E-state index >= 15 is 0 Å². The third kappa shape index (κ3) is 3.41. The van der Waals surface area contributed by atoms with Crippen LogP contribution in [0.25, 0.3) is 22.4 Å². The molecule has 4 rings (SSSR count). The number of aromatic nitrogens is 5. The Kier molecular flexibility index (Phi) is 4.75. The minimum absolute atomic E-state index is 0.153. The fourth-order valence-corrected chi connectivity index (χ4v) is 3.32. The zero-order valence-electron chi connectivity index (χ0n) is 16.3. The van der Waals surface area contributed by atoms with Crippen molar-refractivity contribution in [2.75, 3.05) is 0 Å². The second kappa shape index (κ2) is 7.18. The van der Waals surface area contributed by atoms with Crippen molar-refractivity contribution in [3.63, 3.8) is 0 Å². The first-order valence-electron chi connectivity index (χ1n) is 9.16. The Morgan fingerprint density at radius 3 is 2.48 bits per heavy atom. The standard InChI is InChI=1S/C20H15F4N5O2/c1-3-11-5-4-6-12(7-11)29-16-9-15(13(21)8-14(16)25-26-29)28-18(30)10-17(20(22,23)24)27(2)19(28)31/h4-10H,3H2,1-2H3. The fourth-order valence-electron chi connectivity index (χ4n) is 3.32. The molecule has 31 heavy (non-hydrogen) atoms. The Morgan fingerprint density at radius 2 is 1.81 bits per heavy atom. The Morgan fingerprint density at radius 1 is 1.06 bits per heavy atom. The number of aryl methyl sites for hydroxylation is 1. The highest BCUT2D eigenvalue weighted by Gasteiger charge is 2.35. The van der Waals surface area contributed by atoms with Crippen molar-refractivity contribution in [1.82, 2.24) is 24.1 Å². The second-order valence-corrected chi connectivity index (χ2v) is 6.86. The van der Waals surface area contributed by atoms with Crippen molar-refractivity contribution in [3.8, 4) is 11.4 Å². The Bertz CT molecular complexity index is 1430. The second-order valence-electron chi connectivity index (χ2n) is 6.86. The molecule has 0 unspecified atom stereocenters. The van der Waals surface area contributed by atoms with E-state index in [9.17, 15) is 27.2 Å². The molecule has 0 atom stereocenters. The SMILES string of the molecule is CCc1cccc(-n2nnc3cc(F)c(-n4c(=O)cc(C(F)(F)F)n(C)c4=O)cc32)c1. The molecule has 0 radical (unpaired) electrons. The van der Waals surface area contributed by atoms with Gasteiger partial charge in [-0.3, -0.25) is 9.36 Å². The van der Waals surface area contributed by atoms with E-state index in [2.05, 4.69) is 10.3 Å². The van der Waals surface area contributed by atoms with Gasteiger partial charge in [-0.2, -0.15) is 13.2 Å². The monoisotopic (exact) mass is 433 g/mol. The van der Waals surface area contributed by atoms with Crippen LogP contribution in [0.15, 0.2) is 52.1 Å². The van der Waals surface area contributed by atoms with Gasteiger partial charge >= 0.3 is 11.9 Å². The first-order valence-corrected chi connectivity index (χ1v) is 9.16. The number of nitrogens with zero attached hydrogens (tertiary/aromatic N) is 5. The summed E-state index contributed by atoms with van der Waals surface area (Å²) in [5.41, 5.74) is -2.50. The summed E-state index contributed by atoms with van der Waals surface area (Å²) in [5, 5.41) is 7.91. The van der Waals surface area contributed by atoms with Gasteiger partial charge in [-0.15, -0.1) is 5.10 Å². The molecule has 0 aliphatic carbocycles. The van der Waals surface area contributed by atoms with Crippen LogP contribution in [0.5, 0.6) is 0 Å². The average Bonchev–Trinajstić information content (AvgIpc) is 3.12. The highest BCUT2D eigenvalue weighted by molar-refractivity contribution is 5.79. The molecule has 2 aromatic carbocycles. The molecule has 0 bridgehead atoms. The third-order valence-electron chi connectivity index (χ3n) is 4.93. The molecule has 0 aliphatic rings. The molecule has 0 spiro atoms. The average molecular weight is 433 g/mol. The molecular formula is C20H15F4N5O2. The highest BCUT2D eigenvalue weighted by Crippen LogP contribution is 2.27. The molecule has 0 amide bonds. The van der Waals surface area contributed by atoms with Crippen LogP contribution in [-0.2, 0) is 19.6 Å². The number of fused-ring (bicyclic) bond motifs is 1. The number of halogens is 4. The molecule has 7 nitrogen and oxygen atoms in total. The van der Waals surface area contributed by atoms with Crippen LogP contribution in [0.4, 0.5) is 17.6 Å². The lowest BCUT2D eigenvalue weighted by Gasteiger charge is -2.14. The summed E-state index contributed by atoms with van der Waals surface area (Å²) in [6.45, 7) is 1.97. The molecule has 0 fully saturated rings. The summed E-state index contributed by atoms with van der Waals surface area (Å²) in [5.74, 6) is -0.999. The Hall–Kier alpha value is -3.76. The van der Waals surface area contributed by atoms with Crippen LogP contribution in [0.1, 0.15) is 18.2 Å². The summed E-state index contributed by atoms with van der Waals surface area (Å²) in [6, 6.07) is 9.72. The molecule has 0 saturated heterocycles. The molecule has 0 aliphatic heterocycles. The predicted molar refractivity (Wildman–Crippen MR) is 104 cm³/mol.